The van der Waals surface area contributed by atoms with Gasteiger partial charge in [0, 0.05) is 18.2 Å². The molecule has 0 bridgehead atoms. The number of nitrogens with zero attached hydrogens (tertiary/aromatic N) is 2. The molecule has 0 N–H and O–H groups in total. The zero-order chi connectivity index (χ0) is 32.7. The van der Waals surface area contributed by atoms with E-state index in [1.807, 2.05) is 0 Å². The van der Waals surface area contributed by atoms with Crippen LogP contribution in [0.25, 0.3) is 60.3 Å². The van der Waals surface area contributed by atoms with Crippen molar-refractivity contribution >= 4 is 43.9 Å². The number of aliphatic imine (C=N–C) groups is 1. The highest BCUT2D eigenvalue weighted by molar-refractivity contribution is 6.25. The largest absolute Gasteiger partial charge is 0.349 e. The third-order valence-corrected chi connectivity index (χ3v) is 9.90. The van der Waals surface area contributed by atoms with E-state index in [-0.39, 0.29) is 6.04 Å². The lowest BCUT2D eigenvalue weighted by atomic mass is 9.91. The summed E-state index contributed by atoms with van der Waals surface area (Å²) in [4.78, 5) is 7.59. The van der Waals surface area contributed by atoms with Gasteiger partial charge in [-0.25, -0.2) is 4.99 Å². The van der Waals surface area contributed by atoms with Crippen molar-refractivity contribution in [2.45, 2.75) is 6.04 Å². The first-order valence-corrected chi connectivity index (χ1v) is 16.9. The van der Waals surface area contributed by atoms with Gasteiger partial charge >= 0.3 is 0 Å². The Morgan fingerprint density at radius 3 is 1.55 bits per heavy atom. The van der Waals surface area contributed by atoms with Gasteiger partial charge in [-0.05, 0) is 84.4 Å². The molecule has 2 heteroatoms. The van der Waals surface area contributed by atoms with E-state index >= 15 is 0 Å². The maximum absolute atomic E-state index is 5.29. The Kier molecular flexibility index (Phi) is 7.13. The van der Waals surface area contributed by atoms with Crippen molar-refractivity contribution in [3.05, 3.63) is 199 Å². The van der Waals surface area contributed by atoms with Crippen molar-refractivity contribution in [1.29, 1.82) is 0 Å². The lowest BCUT2D eigenvalue weighted by Crippen LogP contribution is -2.33. The molecule has 1 heterocycles. The first kappa shape index (κ1) is 28.9. The molecule has 0 saturated carbocycles. The summed E-state index contributed by atoms with van der Waals surface area (Å²) in [7, 11) is 2.16. The SMILES string of the molecule is CN1C(c2ccccc2)=NC(c2cccc(-c3ccccc3)c2)=CC1c1cccc(-c2ccc3c4ccccc4c4ccccc4c3c2)c1. The Balaban J connectivity index is 1.16. The lowest BCUT2D eigenvalue weighted by Gasteiger charge is -2.33. The number of likely N-dealkylation sites (N-methyl/N-ethyl adjacent to an activating group) is 1. The Labute approximate surface area is 286 Å². The van der Waals surface area contributed by atoms with Gasteiger partial charge < -0.3 is 4.90 Å². The van der Waals surface area contributed by atoms with Crippen LogP contribution in [0.15, 0.2) is 187 Å². The van der Waals surface area contributed by atoms with Crippen molar-refractivity contribution in [1.82, 2.24) is 4.90 Å². The predicted octanol–water partition coefficient (Wildman–Crippen LogP) is 12.0. The minimum atomic E-state index is -0.00623. The number of rotatable bonds is 5. The van der Waals surface area contributed by atoms with E-state index in [2.05, 4.69) is 194 Å². The Morgan fingerprint density at radius 1 is 0.388 bits per heavy atom. The van der Waals surface area contributed by atoms with Crippen LogP contribution >= 0.6 is 0 Å². The molecule has 8 aromatic carbocycles. The summed E-state index contributed by atoms with van der Waals surface area (Å²) in [6, 6.07) is 63.3. The van der Waals surface area contributed by atoms with Crippen molar-refractivity contribution in [3.8, 4) is 22.3 Å². The second-order valence-electron chi connectivity index (χ2n) is 12.8. The molecule has 0 fully saturated rings. The molecule has 0 amide bonds. The minimum absolute atomic E-state index is 0.00623. The molecule has 0 aromatic heterocycles. The topological polar surface area (TPSA) is 15.6 Å². The first-order chi connectivity index (χ1) is 24.2. The van der Waals surface area contributed by atoms with Crippen LogP contribution in [-0.4, -0.2) is 17.8 Å². The van der Waals surface area contributed by atoms with E-state index in [0.717, 1.165) is 22.7 Å². The van der Waals surface area contributed by atoms with Crippen LogP contribution in [0.2, 0.25) is 0 Å². The van der Waals surface area contributed by atoms with Gasteiger partial charge in [-0.15, -0.1) is 0 Å². The molecule has 1 unspecified atom stereocenters. The molecular weight excluding hydrogens is 593 g/mol. The summed E-state index contributed by atoms with van der Waals surface area (Å²) in [5.74, 6) is 0.961. The number of amidine groups is 1. The van der Waals surface area contributed by atoms with E-state index in [1.165, 1.54) is 60.1 Å². The third-order valence-electron chi connectivity index (χ3n) is 9.90. The molecule has 0 aliphatic carbocycles. The Bertz CT molecular complexity index is 2530. The Hall–Kier alpha value is -6.25. The van der Waals surface area contributed by atoms with Crippen LogP contribution in [0.4, 0.5) is 0 Å². The third kappa shape index (κ3) is 5.19. The molecule has 1 aliphatic heterocycles. The summed E-state index contributed by atoms with van der Waals surface area (Å²) in [6.07, 6.45) is 2.32. The molecule has 0 spiro atoms. The predicted molar refractivity (Wildman–Crippen MR) is 208 cm³/mol. The molecule has 49 heavy (non-hydrogen) atoms. The quantitative estimate of drug-likeness (QED) is 0.174. The number of hydrogen-bond acceptors (Lipinski definition) is 2. The molecule has 232 valence electrons. The van der Waals surface area contributed by atoms with Crippen LogP contribution in [-0.2, 0) is 0 Å². The highest BCUT2D eigenvalue weighted by Crippen LogP contribution is 2.39. The van der Waals surface area contributed by atoms with Crippen molar-refractivity contribution in [2.75, 3.05) is 7.05 Å². The van der Waals surface area contributed by atoms with E-state index in [0.29, 0.717) is 0 Å². The number of hydrogen-bond donors (Lipinski definition) is 0. The monoisotopic (exact) mass is 626 g/mol. The Morgan fingerprint density at radius 2 is 0.878 bits per heavy atom. The smallest absolute Gasteiger partial charge is 0.137 e. The molecule has 0 radical (unpaired) electrons. The maximum atomic E-state index is 5.29. The molecule has 8 aromatic rings. The molecule has 1 aliphatic rings. The summed E-state index contributed by atoms with van der Waals surface area (Å²) in [5, 5.41) is 7.74. The highest BCUT2D eigenvalue weighted by atomic mass is 15.2. The van der Waals surface area contributed by atoms with Gasteiger partial charge in [-0.1, -0.05) is 158 Å². The molecule has 2 nitrogen and oxygen atoms in total. The second-order valence-corrected chi connectivity index (χ2v) is 12.8. The normalized spacial score (nSPS) is 14.6. The van der Waals surface area contributed by atoms with Gasteiger partial charge in [0.15, 0.2) is 0 Å². The molecule has 9 rings (SSSR count). The van der Waals surface area contributed by atoms with Crippen molar-refractivity contribution in [2.24, 2.45) is 4.99 Å². The fourth-order valence-electron chi connectivity index (χ4n) is 7.44. The first-order valence-electron chi connectivity index (χ1n) is 16.9. The van der Waals surface area contributed by atoms with Gasteiger partial charge in [0.1, 0.15) is 5.84 Å². The fraction of sp³-hybridized carbons (Fsp3) is 0.0426. The van der Waals surface area contributed by atoms with Crippen molar-refractivity contribution in [3.63, 3.8) is 0 Å². The lowest BCUT2D eigenvalue weighted by molar-refractivity contribution is 0.435. The molecule has 0 saturated heterocycles. The van der Waals surface area contributed by atoms with E-state index in [1.54, 1.807) is 0 Å². The van der Waals surface area contributed by atoms with Crippen molar-refractivity contribution < 1.29 is 0 Å². The van der Waals surface area contributed by atoms with Gasteiger partial charge in [0.05, 0.1) is 11.7 Å². The summed E-state index contributed by atoms with van der Waals surface area (Å²) in [5.41, 5.74) is 9.22. The molecular formula is C47H34N2. The zero-order valence-corrected chi connectivity index (χ0v) is 27.3. The summed E-state index contributed by atoms with van der Waals surface area (Å²) < 4.78 is 0. The second kappa shape index (κ2) is 12.1. The van der Waals surface area contributed by atoms with Crippen LogP contribution in [0.3, 0.4) is 0 Å². The number of benzene rings is 8. The van der Waals surface area contributed by atoms with Gasteiger partial charge in [-0.3, -0.25) is 0 Å². The van der Waals surface area contributed by atoms with Crippen LogP contribution < -0.4 is 0 Å². The van der Waals surface area contributed by atoms with E-state index in [4.69, 9.17) is 4.99 Å². The highest BCUT2D eigenvalue weighted by Gasteiger charge is 2.26. The zero-order valence-electron chi connectivity index (χ0n) is 27.3. The van der Waals surface area contributed by atoms with Gasteiger partial charge in [0.2, 0.25) is 0 Å². The standard InChI is InChI=1S/C47H34N2/c1-49-46(31-45(48-47(49)33-16-6-3-7-17-33)37-20-12-18-34(28-37)32-14-4-2-5-15-32)38-21-13-19-35(29-38)36-26-27-43-41-24-9-8-22-39(41)40-23-10-11-25-42(40)44(43)30-36/h2-31,46H,1H3. The van der Waals surface area contributed by atoms with E-state index in [9.17, 15) is 0 Å². The average Bonchev–Trinajstić information content (AvgIpc) is 3.19. The van der Waals surface area contributed by atoms with E-state index < -0.39 is 0 Å². The van der Waals surface area contributed by atoms with Crippen LogP contribution in [0, 0.1) is 0 Å². The average molecular weight is 627 g/mol. The summed E-state index contributed by atoms with van der Waals surface area (Å²) in [6.45, 7) is 0. The molecule has 1 atom stereocenters. The van der Waals surface area contributed by atoms with Gasteiger partial charge in [-0.2, -0.15) is 0 Å². The van der Waals surface area contributed by atoms with Gasteiger partial charge in [0.25, 0.3) is 0 Å². The number of fused-ring (bicyclic) bond motifs is 6. The maximum Gasteiger partial charge on any atom is 0.137 e. The van der Waals surface area contributed by atoms with Crippen LogP contribution in [0.5, 0.6) is 0 Å². The fourth-order valence-corrected chi connectivity index (χ4v) is 7.44. The minimum Gasteiger partial charge on any atom is -0.349 e. The summed E-state index contributed by atoms with van der Waals surface area (Å²) >= 11 is 0. The van der Waals surface area contributed by atoms with Crippen LogP contribution in [0.1, 0.15) is 22.7 Å².